The van der Waals surface area contributed by atoms with Gasteiger partial charge >= 0.3 is 0 Å². The fourth-order valence-corrected chi connectivity index (χ4v) is 2.31. The van der Waals surface area contributed by atoms with Gasteiger partial charge in [-0.3, -0.25) is 0 Å². The van der Waals surface area contributed by atoms with Crippen molar-refractivity contribution in [3.05, 3.63) is 29.3 Å². The average molecular weight is 218 g/mol. The molecule has 0 bridgehead atoms. The second-order valence-corrected chi connectivity index (χ2v) is 4.92. The highest BCUT2D eigenvalue weighted by molar-refractivity contribution is 5.36. The van der Waals surface area contributed by atoms with E-state index in [4.69, 9.17) is 0 Å². The van der Waals surface area contributed by atoms with E-state index >= 15 is 0 Å². The van der Waals surface area contributed by atoms with E-state index in [-0.39, 0.29) is 0 Å². The molecule has 3 nitrogen and oxygen atoms in total. The van der Waals surface area contributed by atoms with Crippen LogP contribution in [0.4, 0.5) is 0 Å². The molecular formula is C13H18N2O. The molecule has 2 aliphatic rings. The molecule has 16 heavy (non-hydrogen) atoms. The lowest BCUT2D eigenvalue weighted by molar-refractivity contribution is 0.440. The monoisotopic (exact) mass is 218 g/mol. The lowest BCUT2D eigenvalue weighted by Gasteiger charge is -2.26. The number of fused-ring (bicyclic) bond motifs is 1. The van der Waals surface area contributed by atoms with E-state index in [0.29, 0.717) is 11.8 Å². The van der Waals surface area contributed by atoms with Crippen molar-refractivity contribution in [1.82, 2.24) is 10.6 Å². The van der Waals surface area contributed by atoms with Crippen LogP contribution in [0.1, 0.15) is 24.0 Å². The summed E-state index contributed by atoms with van der Waals surface area (Å²) in [5.74, 6) is 0.370. The number of nitrogens with one attached hydrogen (secondary N) is 2. The van der Waals surface area contributed by atoms with Gasteiger partial charge in [0.1, 0.15) is 5.75 Å². The van der Waals surface area contributed by atoms with E-state index in [2.05, 4.69) is 16.7 Å². The van der Waals surface area contributed by atoms with Crippen molar-refractivity contribution in [3.63, 3.8) is 0 Å². The SMILES string of the molecule is Oc1ccc2c(c1)CNC(CNC1CC1)C2. The summed E-state index contributed by atoms with van der Waals surface area (Å²) in [7, 11) is 0. The van der Waals surface area contributed by atoms with E-state index < -0.39 is 0 Å². The Bertz CT molecular complexity index is 388. The van der Waals surface area contributed by atoms with Gasteiger partial charge in [0.05, 0.1) is 0 Å². The number of phenols is 1. The van der Waals surface area contributed by atoms with Gasteiger partial charge in [0.25, 0.3) is 0 Å². The van der Waals surface area contributed by atoms with E-state index in [1.54, 1.807) is 6.07 Å². The van der Waals surface area contributed by atoms with Gasteiger partial charge in [0.15, 0.2) is 0 Å². The van der Waals surface area contributed by atoms with Gasteiger partial charge in [-0.1, -0.05) is 6.07 Å². The summed E-state index contributed by atoms with van der Waals surface area (Å²) in [4.78, 5) is 0. The molecule has 1 fully saturated rings. The van der Waals surface area contributed by atoms with Gasteiger partial charge in [-0.15, -0.1) is 0 Å². The Morgan fingerprint density at radius 2 is 2.19 bits per heavy atom. The molecule has 0 amide bonds. The summed E-state index contributed by atoms with van der Waals surface area (Å²) >= 11 is 0. The second kappa shape index (κ2) is 4.07. The molecular weight excluding hydrogens is 200 g/mol. The van der Waals surface area contributed by atoms with Crippen LogP contribution in [0, 0.1) is 0 Å². The van der Waals surface area contributed by atoms with Crippen molar-refractivity contribution in [3.8, 4) is 5.75 Å². The van der Waals surface area contributed by atoms with Crippen LogP contribution in [0.25, 0.3) is 0 Å². The molecule has 1 aliphatic heterocycles. The van der Waals surface area contributed by atoms with Gasteiger partial charge in [-0.05, 0) is 42.5 Å². The summed E-state index contributed by atoms with van der Waals surface area (Å²) in [6.45, 7) is 1.94. The predicted octanol–water partition coefficient (Wildman–Crippen LogP) is 1.16. The topological polar surface area (TPSA) is 44.3 Å². The minimum absolute atomic E-state index is 0.370. The largest absolute Gasteiger partial charge is 0.508 e. The van der Waals surface area contributed by atoms with Gasteiger partial charge in [-0.25, -0.2) is 0 Å². The van der Waals surface area contributed by atoms with E-state index in [0.717, 1.165) is 25.6 Å². The van der Waals surface area contributed by atoms with Gasteiger partial charge in [0, 0.05) is 25.2 Å². The highest BCUT2D eigenvalue weighted by atomic mass is 16.3. The zero-order valence-electron chi connectivity index (χ0n) is 9.37. The van der Waals surface area contributed by atoms with E-state index in [9.17, 15) is 5.11 Å². The molecule has 0 spiro atoms. The highest BCUT2D eigenvalue weighted by Gasteiger charge is 2.23. The van der Waals surface area contributed by atoms with E-state index in [1.807, 2.05) is 6.07 Å². The third-order valence-electron chi connectivity index (χ3n) is 3.47. The lowest BCUT2D eigenvalue weighted by Crippen LogP contribution is -2.43. The fraction of sp³-hybridized carbons (Fsp3) is 0.538. The van der Waals surface area contributed by atoms with Crippen molar-refractivity contribution >= 4 is 0 Å². The van der Waals surface area contributed by atoms with Crippen LogP contribution < -0.4 is 10.6 Å². The Labute approximate surface area is 95.9 Å². The molecule has 1 heterocycles. The first-order valence-corrected chi connectivity index (χ1v) is 6.09. The zero-order chi connectivity index (χ0) is 11.0. The first-order valence-electron chi connectivity index (χ1n) is 6.09. The molecule has 1 saturated carbocycles. The average Bonchev–Trinajstić information content (AvgIpc) is 3.10. The molecule has 3 rings (SSSR count). The van der Waals surface area contributed by atoms with Crippen molar-refractivity contribution in [2.24, 2.45) is 0 Å². The molecule has 86 valence electrons. The van der Waals surface area contributed by atoms with Crippen LogP contribution in [0.3, 0.4) is 0 Å². The third kappa shape index (κ3) is 2.20. The molecule has 1 aromatic carbocycles. The number of aromatic hydroxyl groups is 1. The normalized spacial score (nSPS) is 24.1. The Morgan fingerprint density at radius 1 is 1.31 bits per heavy atom. The predicted molar refractivity (Wildman–Crippen MR) is 63.5 cm³/mol. The Kier molecular flexibility index (Phi) is 2.58. The molecule has 0 radical (unpaired) electrons. The van der Waals surface area contributed by atoms with Crippen LogP contribution in [0.15, 0.2) is 18.2 Å². The van der Waals surface area contributed by atoms with Crippen molar-refractivity contribution in [2.75, 3.05) is 6.54 Å². The van der Waals surface area contributed by atoms with Crippen LogP contribution >= 0.6 is 0 Å². The quantitative estimate of drug-likeness (QED) is 0.713. The van der Waals surface area contributed by atoms with E-state index in [1.165, 1.54) is 24.0 Å². The molecule has 0 saturated heterocycles. The first kappa shape index (κ1) is 10.1. The Hall–Kier alpha value is -1.06. The maximum Gasteiger partial charge on any atom is 0.115 e. The van der Waals surface area contributed by atoms with Gasteiger partial charge in [-0.2, -0.15) is 0 Å². The molecule has 1 aliphatic carbocycles. The molecule has 1 atom stereocenters. The Balaban J connectivity index is 1.63. The molecule has 1 unspecified atom stereocenters. The summed E-state index contributed by atoms with van der Waals surface area (Å²) < 4.78 is 0. The maximum absolute atomic E-state index is 9.40. The van der Waals surface area contributed by atoms with Crippen molar-refractivity contribution < 1.29 is 5.11 Å². The molecule has 1 aromatic rings. The molecule has 3 N–H and O–H groups in total. The summed E-state index contributed by atoms with van der Waals surface area (Å²) in [6.07, 6.45) is 3.75. The summed E-state index contributed by atoms with van der Waals surface area (Å²) in [5, 5.41) is 16.5. The second-order valence-electron chi connectivity index (χ2n) is 4.92. The smallest absolute Gasteiger partial charge is 0.115 e. The number of rotatable bonds is 3. The Morgan fingerprint density at radius 3 is 3.00 bits per heavy atom. The number of benzene rings is 1. The summed E-state index contributed by atoms with van der Waals surface area (Å²) in [6, 6.07) is 7.03. The maximum atomic E-state index is 9.40. The minimum atomic E-state index is 0.370. The van der Waals surface area contributed by atoms with Crippen LogP contribution in [-0.4, -0.2) is 23.7 Å². The fourth-order valence-electron chi connectivity index (χ4n) is 2.31. The highest BCUT2D eigenvalue weighted by Crippen LogP contribution is 2.22. The minimum Gasteiger partial charge on any atom is -0.508 e. The molecule has 0 aromatic heterocycles. The standard InChI is InChI=1S/C13H18N2O/c16-13-4-1-9-5-12(8-15-11-2-3-11)14-7-10(9)6-13/h1,4,6,11-12,14-16H,2-3,5,7-8H2. The van der Waals surface area contributed by atoms with Gasteiger partial charge < -0.3 is 15.7 Å². The number of phenolic OH excluding ortho intramolecular Hbond substituents is 1. The van der Waals surface area contributed by atoms with Crippen molar-refractivity contribution in [1.29, 1.82) is 0 Å². The third-order valence-corrected chi connectivity index (χ3v) is 3.47. The summed E-state index contributed by atoms with van der Waals surface area (Å²) in [5.41, 5.74) is 2.61. The lowest BCUT2D eigenvalue weighted by atomic mass is 9.95. The van der Waals surface area contributed by atoms with Crippen LogP contribution in [0.5, 0.6) is 5.75 Å². The number of hydrogen-bond acceptors (Lipinski definition) is 3. The van der Waals surface area contributed by atoms with Crippen LogP contribution in [0.2, 0.25) is 0 Å². The van der Waals surface area contributed by atoms with Crippen LogP contribution in [-0.2, 0) is 13.0 Å². The first-order chi connectivity index (χ1) is 7.81. The molecule has 3 heteroatoms. The zero-order valence-corrected chi connectivity index (χ0v) is 9.37. The number of hydrogen-bond donors (Lipinski definition) is 3. The van der Waals surface area contributed by atoms with Crippen molar-refractivity contribution in [2.45, 2.75) is 37.9 Å². The van der Waals surface area contributed by atoms with Gasteiger partial charge in [0.2, 0.25) is 0 Å².